The quantitative estimate of drug-likeness (QED) is 0.895. The molecule has 0 aliphatic carbocycles. The van der Waals surface area contributed by atoms with E-state index in [9.17, 15) is 0 Å². The lowest BCUT2D eigenvalue weighted by Gasteiger charge is -2.04. The standard InChI is InChI=1S/C14H15ClN2S/c1-2-16-9-11-6-7-14(17-10-11)18-13-5-3-4-12(15)8-13/h3-8,10,16H,2,9H2,1H3. The molecule has 0 aliphatic rings. The fraction of sp³-hybridized carbons (Fsp3) is 0.214. The van der Waals surface area contributed by atoms with E-state index in [2.05, 4.69) is 23.3 Å². The van der Waals surface area contributed by atoms with Crippen LogP contribution in [0.5, 0.6) is 0 Å². The first-order valence-electron chi connectivity index (χ1n) is 5.87. The van der Waals surface area contributed by atoms with Crippen molar-refractivity contribution in [3.8, 4) is 0 Å². The zero-order chi connectivity index (χ0) is 12.8. The molecule has 1 heterocycles. The maximum Gasteiger partial charge on any atom is 0.101 e. The zero-order valence-electron chi connectivity index (χ0n) is 10.2. The van der Waals surface area contributed by atoms with Crippen LogP contribution in [-0.4, -0.2) is 11.5 Å². The van der Waals surface area contributed by atoms with E-state index in [4.69, 9.17) is 11.6 Å². The van der Waals surface area contributed by atoms with Crippen molar-refractivity contribution in [3.63, 3.8) is 0 Å². The van der Waals surface area contributed by atoms with Crippen LogP contribution in [0.2, 0.25) is 5.02 Å². The molecule has 0 saturated carbocycles. The SMILES string of the molecule is CCNCc1ccc(Sc2cccc(Cl)c2)nc1. The third-order valence-corrected chi connectivity index (χ3v) is 3.57. The summed E-state index contributed by atoms with van der Waals surface area (Å²) in [4.78, 5) is 5.54. The number of aromatic nitrogens is 1. The molecular weight excluding hydrogens is 264 g/mol. The molecule has 0 aliphatic heterocycles. The Morgan fingerprint density at radius 1 is 1.28 bits per heavy atom. The zero-order valence-corrected chi connectivity index (χ0v) is 11.8. The molecule has 0 atom stereocenters. The molecule has 2 rings (SSSR count). The third kappa shape index (κ3) is 4.02. The Bertz CT molecular complexity index is 499. The summed E-state index contributed by atoms with van der Waals surface area (Å²) < 4.78 is 0. The van der Waals surface area contributed by atoms with E-state index in [-0.39, 0.29) is 0 Å². The second-order valence-corrected chi connectivity index (χ2v) is 5.37. The minimum atomic E-state index is 0.753. The molecule has 0 radical (unpaired) electrons. The number of pyridine rings is 1. The van der Waals surface area contributed by atoms with Crippen molar-refractivity contribution in [2.45, 2.75) is 23.4 Å². The van der Waals surface area contributed by atoms with Gasteiger partial charge in [0.15, 0.2) is 0 Å². The highest BCUT2D eigenvalue weighted by Gasteiger charge is 2.00. The molecule has 1 aromatic carbocycles. The maximum atomic E-state index is 5.95. The van der Waals surface area contributed by atoms with Gasteiger partial charge in [0.05, 0.1) is 0 Å². The number of hydrogen-bond donors (Lipinski definition) is 1. The average molecular weight is 279 g/mol. The smallest absolute Gasteiger partial charge is 0.101 e. The van der Waals surface area contributed by atoms with Gasteiger partial charge in [0.1, 0.15) is 5.03 Å². The van der Waals surface area contributed by atoms with E-state index in [1.54, 1.807) is 11.8 Å². The number of rotatable bonds is 5. The fourth-order valence-corrected chi connectivity index (χ4v) is 2.57. The normalized spacial score (nSPS) is 10.6. The van der Waals surface area contributed by atoms with E-state index < -0.39 is 0 Å². The van der Waals surface area contributed by atoms with E-state index >= 15 is 0 Å². The van der Waals surface area contributed by atoms with E-state index in [0.29, 0.717) is 0 Å². The van der Waals surface area contributed by atoms with Gasteiger partial charge >= 0.3 is 0 Å². The minimum absolute atomic E-state index is 0.753. The molecule has 94 valence electrons. The Morgan fingerprint density at radius 2 is 2.17 bits per heavy atom. The summed E-state index contributed by atoms with van der Waals surface area (Å²) in [6, 6.07) is 11.9. The number of benzene rings is 1. The summed E-state index contributed by atoms with van der Waals surface area (Å²) in [5, 5.41) is 5.01. The summed E-state index contributed by atoms with van der Waals surface area (Å²) in [6.45, 7) is 3.93. The van der Waals surface area contributed by atoms with Crippen molar-refractivity contribution in [2.75, 3.05) is 6.54 Å². The van der Waals surface area contributed by atoms with E-state index in [1.165, 1.54) is 5.56 Å². The number of nitrogens with zero attached hydrogens (tertiary/aromatic N) is 1. The van der Waals surface area contributed by atoms with Crippen molar-refractivity contribution in [1.82, 2.24) is 10.3 Å². The molecule has 2 nitrogen and oxygen atoms in total. The van der Waals surface area contributed by atoms with Crippen molar-refractivity contribution >= 4 is 23.4 Å². The first-order valence-corrected chi connectivity index (χ1v) is 7.06. The molecule has 2 aromatic rings. The molecule has 0 unspecified atom stereocenters. The number of nitrogens with one attached hydrogen (secondary N) is 1. The summed E-state index contributed by atoms with van der Waals surface area (Å²) in [6.07, 6.45) is 1.91. The van der Waals surface area contributed by atoms with Gasteiger partial charge in [-0.1, -0.05) is 42.4 Å². The lowest BCUT2D eigenvalue weighted by Crippen LogP contribution is -2.11. The predicted molar refractivity (Wildman–Crippen MR) is 77.2 cm³/mol. The van der Waals surface area contributed by atoms with Gasteiger partial charge in [-0.15, -0.1) is 0 Å². The van der Waals surface area contributed by atoms with Crippen LogP contribution in [0.3, 0.4) is 0 Å². The summed E-state index contributed by atoms with van der Waals surface area (Å²) in [7, 11) is 0. The van der Waals surface area contributed by atoms with Crippen LogP contribution < -0.4 is 5.32 Å². The van der Waals surface area contributed by atoms with Gasteiger partial charge in [-0.3, -0.25) is 0 Å². The lowest BCUT2D eigenvalue weighted by atomic mass is 10.3. The second kappa shape index (κ2) is 6.78. The lowest BCUT2D eigenvalue weighted by molar-refractivity contribution is 0.723. The Balaban J connectivity index is 2.02. The highest BCUT2D eigenvalue weighted by molar-refractivity contribution is 7.99. The minimum Gasteiger partial charge on any atom is -0.313 e. The maximum absolute atomic E-state index is 5.95. The Hall–Kier alpha value is -1.03. The monoisotopic (exact) mass is 278 g/mol. The summed E-state index contributed by atoms with van der Waals surface area (Å²) in [5.41, 5.74) is 1.20. The molecule has 0 fully saturated rings. The third-order valence-electron chi connectivity index (χ3n) is 2.40. The van der Waals surface area contributed by atoms with Crippen molar-refractivity contribution < 1.29 is 0 Å². The molecule has 0 spiro atoms. The largest absolute Gasteiger partial charge is 0.313 e. The van der Waals surface area contributed by atoms with Crippen LogP contribution in [0.15, 0.2) is 52.5 Å². The molecule has 0 bridgehead atoms. The fourth-order valence-electron chi connectivity index (χ4n) is 1.50. The molecule has 1 N–H and O–H groups in total. The van der Waals surface area contributed by atoms with Crippen molar-refractivity contribution in [3.05, 3.63) is 53.2 Å². The predicted octanol–water partition coefficient (Wildman–Crippen LogP) is 4.00. The van der Waals surface area contributed by atoms with Gasteiger partial charge in [-0.05, 0) is 36.4 Å². The van der Waals surface area contributed by atoms with Crippen LogP contribution in [-0.2, 0) is 6.54 Å². The molecule has 0 amide bonds. The molecule has 0 saturated heterocycles. The highest BCUT2D eigenvalue weighted by Crippen LogP contribution is 2.27. The van der Waals surface area contributed by atoms with Gasteiger partial charge in [0.25, 0.3) is 0 Å². The Labute approximate surface area is 117 Å². The van der Waals surface area contributed by atoms with Gasteiger partial charge in [0, 0.05) is 22.7 Å². The van der Waals surface area contributed by atoms with Gasteiger partial charge in [-0.25, -0.2) is 4.98 Å². The van der Waals surface area contributed by atoms with Crippen molar-refractivity contribution in [1.29, 1.82) is 0 Å². The van der Waals surface area contributed by atoms with Crippen LogP contribution in [0.4, 0.5) is 0 Å². The summed E-state index contributed by atoms with van der Waals surface area (Å²) in [5.74, 6) is 0. The molecule has 18 heavy (non-hydrogen) atoms. The van der Waals surface area contributed by atoms with Crippen LogP contribution in [0.25, 0.3) is 0 Å². The van der Waals surface area contributed by atoms with Crippen molar-refractivity contribution in [2.24, 2.45) is 0 Å². The first-order chi connectivity index (χ1) is 8.78. The van der Waals surface area contributed by atoms with Gasteiger partial charge in [-0.2, -0.15) is 0 Å². The van der Waals surface area contributed by atoms with Crippen LogP contribution in [0.1, 0.15) is 12.5 Å². The topological polar surface area (TPSA) is 24.9 Å². The molecule has 1 aromatic heterocycles. The van der Waals surface area contributed by atoms with Crippen LogP contribution in [0, 0.1) is 0 Å². The van der Waals surface area contributed by atoms with E-state index in [0.717, 1.165) is 28.0 Å². The summed E-state index contributed by atoms with van der Waals surface area (Å²) >= 11 is 7.57. The van der Waals surface area contributed by atoms with E-state index in [1.807, 2.05) is 36.5 Å². The number of hydrogen-bond acceptors (Lipinski definition) is 3. The Kier molecular flexibility index (Phi) is 5.05. The van der Waals surface area contributed by atoms with Gasteiger partial charge in [0.2, 0.25) is 0 Å². The number of halogens is 1. The Morgan fingerprint density at radius 3 is 2.83 bits per heavy atom. The van der Waals surface area contributed by atoms with Crippen LogP contribution >= 0.6 is 23.4 Å². The highest BCUT2D eigenvalue weighted by atomic mass is 35.5. The average Bonchev–Trinajstić information content (AvgIpc) is 2.38. The molecular formula is C14H15ClN2S. The first kappa shape index (κ1) is 13.4. The van der Waals surface area contributed by atoms with Gasteiger partial charge < -0.3 is 5.32 Å². The second-order valence-electron chi connectivity index (χ2n) is 3.84. The molecule has 4 heteroatoms.